The minimum absolute atomic E-state index is 0.0514. The van der Waals surface area contributed by atoms with Crippen LogP contribution in [0.1, 0.15) is 76.2 Å². The zero-order valence-corrected chi connectivity index (χ0v) is 27.6. The van der Waals surface area contributed by atoms with E-state index in [1.54, 1.807) is 38.2 Å². The Hall–Kier alpha value is -3.08. The molecule has 10 heteroatoms. The van der Waals surface area contributed by atoms with Gasteiger partial charge in [0.25, 0.3) is 0 Å². The second-order valence-corrected chi connectivity index (χ2v) is 11.7. The molecule has 2 aliphatic rings. The molecule has 0 bridgehead atoms. The van der Waals surface area contributed by atoms with E-state index in [0.29, 0.717) is 56.5 Å². The van der Waals surface area contributed by atoms with Gasteiger partial charge in [0, 0.05) is 20.1 Å². The van der Waals surface area contributed by atoms with Gasteiger partial charge >= 0.3 is 5.97 Å². The molecule has 1 aromatic carbocycles. The first-order valence-electron chi connectivity index (χ1n) is 16.2. The van der Waals surface area contributed by atoms with Crippen LogP contribution < -0.4 is 14.2 Å². The van der Waals surface area contributed by atoms with Gasteiger partial charge in [-0.05, 0) is 62.6 Å². The summed E-state index contributed by atoms with van der Waals surface area (Å²) in [5, 5.41) is 0. The van der Waals surface area contributed by atoms with Gasteiger partial charge in [0.15, 0.2) is 11.5 Å². The summed E-state index contributed by atoms with van der Waals surface area (Å²) in [5.41, 5.74) is 0.799. The molecule has 1 aliphatic carbocycles. The van der Waals surface area contributed by atoms with Crippen LogP contribution in [-0.2, 0) is 28.5 Å². The number of carbonyl (C=O) groups excluding carboxylic acids is 2. The summed E-state index contributed by atoms with van der Waals surface area (Å²) in [6.45, 7) is 11.2. The van der Waals surface area contributed by atoms with Gasteiger partial charge in [-0.3, -0.25) is 4.79 Å². The number of benzene rings is 1. The molecule has 3 rings (SSSR count). The Kier molecular flexibility index (Phi) is 15.7. The van der Waals surface area contributed by atoms with Crippen LogP contribution in [0.25, 0.3) is 0 Å². The summed E-state index contributed by atoms with van der Waals surface area (Å²) in [4.78, 5) is 30.0. The highest BCUT2D eigenvalue weighted by atomic mass is 16.7. The summed E-state index contributed by atoms with van der Waals surface area (Å²) < 4.78 is 39.6. The monoisotopic (exact) mass is 631 g/mol. The molecule has 0 spiro atoms. The summed E-state index contributed by atoms with van der Waals surface area (Å²) >= 11 is 0. The molecule has 1 aliphatic heterocycles. The van der Waals surface area contributed by atoms with Gasteiger partial charge < -0.3 is 38.1 Å². The third-order valence-corrected chi connectivity index (χ3v) is 8.57. The van der Waals surface area contributed by atoms with Crippen molar-refractivity contribution in [3.8, 4) is 17.2 Å². The van der Waals surface area contributed by atoms with Gasteiger partial charge in [0.2, 0.25) is 11.7 Å². The molecule has 1 saturated carbocycles. The molecule has 1 aromatic rings. The van der Waals surface area contributed by atoms with E-state index >= 15 is 0 Å². The molecule has 1 amide bonds. The van der Waals surface area contributed by atoms with Gasteiger partial charge in [-0.25, -0.2) is 4.79 Å². The first kappa shape index (κ1) is 36.4. The van der Waals surface area contributed by atoms with E-state index in [9.17, 15) is 9.59 Å². The molecule has 0 aromatic heterocycles. The third-order valence-electron chi connectivity index (χ3n) is 8.57. The topological polar surface area (TPSA) is 102 Å². The highest BCUT2D eigenvalue weighted by Gasteiger charge is 2.41. The minimum Gasteiger partial charge on any atom is -0.493 e. The van der Waals surface area contributed by atoms with E-state index in [1.807, 2.05) is 12.1 Å². The quantitative estimate of drug-likeness (QED) is 0.0808. The van der Waals surface area contributed by atoms with E-state index in [1.165, 1.54) is 7.11 Å². The van der Waals surface area contributed by atoms with E-state index in [4.69, 9.17) is 33.2 Å². The molecule has 0 radical (unpaired) electrons. The fourth-order valence-corrected chi connectivity index (χ4v) is 6.32. The van der Waals surface area contributed by atoms with Gasteiger partial charge in [-0.2, -0.15) is 0 Å². The van der Waals surface area contributed by atoms with Crippen molar-refractivity contribution < 1.29 is 42.7 Å². The lowest BCUT2D eigenvalue weighted by atomic mass is 9.75. The number of esters is 1. The molecular formula is C35H53NO9. The molecule has 1 saturated heterocycles. The maximum atomic E-state index is 14.7. The molecule has 45 heavy (non-hydrogen) atoms. The molecule has 1 heterocycles. The van der Waals surface area contributed by atoms with Gasteiger partial charge in [-0.1, -0.05) is 31.4 Å². The summed E-state index contributed by atoms with van der Waals surface area (Å²) in [6, 6.07) is 3.11. The second-order valence-electron chi connectivity index (χ2n) is 11.7. The molecular weight excluding hydrogens is 578 g/mol. The standard InChI is InChI=1S/C35H53NO9/c1-7-19-42-20-14-21-43-31-23-27(22-30(40-5)33(31)41-6)32(26-15-10-9-11-16-26)34(37)36-18-13-12-17-28(36)35(38)45-25(3)29(8-2)44-24-39-4/h7-8,22-23,25-26,28-29,32H,1-2,9-21,24H2,3-6H3/t25-,28+,29+,32+/m1/s1. The Morgan fingerprint density at radius 2 is 1.71 bits per heavy atom. The Morgan fingerprint density at radius 1 is 0.978 bits per heavy atom. The summed E-state index contributed by atoms with van der Waals surface area (Å²) in [7, 11) is 4.68. The number of hydrogen-bond donors (Lipinski definition) is 0. The van der Waals surface area contributed by atoms with Crippen molar-refractivity contribution in [2.24, 2.45) is 5.92 Å². The number of likely N-dealkylation sites (tertiary alicyclic amines) is 1. The van der Waals surface area contributed by atoms with E-state index in [-0.39, 0.29) is 18.6 Å². The zero-order valence-electron chi connectivity index (χ0n) is 27.6. The number of carbonyl (C=O) groups is 2. The molecule has 2 fully saturated rings. The zero-order chi connectivity index (χ0) is 32.6. The van der Waals surface area contributed by atoms with Crippen LogP contribution in [0.5, 0.6) is 17.2 Å². The van der Waals surface area contributed by atoms with E-state index in [0.717, 1.165) is 50.5 Å². The maximum Gasteiger partial charge on any atom is 0.329 e. The Morgan fingerprint density at radius 3 is 2.38 bits per heavy atom. The Labute approximate surface area is 269 Å². The van der Waals surface area contributed by atoms with Gasteiger partial charge in [-0.15, -0.1) is 13.2 Å². The number of rotatable bonds is 19. The maximum absolute atomic E-state index is 14.7. The van der Waals surface area contributed by atoms with Gasteiger partial charge in [0.05, 0.1) is 40.0 Å². The van der Waals surface area contributed by atoms with E-state index < -0.39 is 30.1 Å². The lowest BCUT2D eigenvalue weighted by molar-refractivity contribution is -0.169. The highest BCUT2D eigenvalue weighted by molar-refractivity contribution is 5.89. The average Bonchev–Trinajstić information content (AvgIpc) is 3.06. The Bertz CT molecular complexity index is 1090. The van der Waals surface area contributed by atoms with Crippen LogP contribution in [0.3, 0.4) is 0 Å². The molecule has 4 atom stereocenters. The fraction of sp³-hybridized carbons (Fsp3) is 0.657. The van der Waals surface area contributed by atoms with Crippen LogP contribution in [0.2, 0.25) is 0 Å². The number of methoxy groups -OCH3 is 3. The normalized spacial score (nSPS) is 19.2. The van der Waals surface area contributed by atoms with Crippen LogP contribution in [-0.4, -0.2) is 89.5 Å². The second kappa shape index (κ2) is 19.4. The van der Waals surface area contributed by atoms with E-state index in [2.05, 4.69) is 13.2 Å². The van der Waals surface area contributed by atoms with Crippen LogP contribution in [0, 0.1) is 5.92 Å². The SMILES string of the molecule is C=CCOCCCOc1cc([C@@H](C(=O)N2CCCC[C@H]2C(=O)O[C@H](C)[C@H](C=C)OCOC)C2CCCCC2)cc(OC)c1OC. The summed E-state index contributed by atoms with van der Waals surface area (Å²) in [6.07, 6.45) is 10.2. The summed E-state index contributed by atoms with van der Waals surface area (Å²) in [5.74, 6) is 0.637. The van der Waals surface area contributed by atoms with Crippen LogP contribution in [0.4, 0.5) is 0 Å². The average molecular weight is 632 g/mol. The molecule has 10 nitrogen and oxygen atoms in total. The van der Waals surface area contributed by atoms with Crippen molar-refractivity contribution in [2.45, 2.75) is 88.9 Å². The van der Waals surface area contributed by atoms with Crippen molar-refractivity contribution in [2.75, 3.05) is 54.5 Å². The molecule has 0 N–H and O–H groups in total. The molecule has 252 valence electrons. The predicted octanol–water partition coefficient (Wildman–Crippen LogP) is 5.83. The Balaban J connectivity index is 1.91. The first-order chi connectivity index (χ1) is 21.9. The number of amides is 1. The smallest absolute Gasteiger partial charge is 0.329 e. The van der Waals surface area contributed by atoms with Gasteiger partial charge in [0.1, 0.15) is 25.0 Å². The van der Waals surface area contributed by atoms with Crippen LogP contribution >= 0.6 is 0 Å². The molecule has 0 unspecified atom stereocenters. The lowest BCUT2D eigenvalue weighted by Crippen LogP contribution is -2.52. The van der Waals surface area contributed by atoms with Crippen molar-refractivity contribution in [1.29, 1.82) is 0 Å². The fourth-order valence-electron chi connectivity index (χ4n) is 6.32. The number of piperidine rings is 1. The largest absolute Gasteiger partial charge is 0.493 e. The number of nitrogens with zero attached hydrogens (tertiary/aromatic N) is 1. The van der Waals surface area contributed by atoms with Crippen molar-refractivity contribution in [3.63, 3.8) is 0 Å². The highest BCUT2D eigenvalue weighted by Crippen LogP contribution is 2.45. The van der Waals surface area contributed by atoms with Crippen LogP contribution in [0.15, 0.2) is 37.4 Å². The van der Waals surface area contributed by atoms with Crippen molar-refractivity contribution in [1.82, 2.24) is 4.90 Å². The minimum atomic E-state index is -0.681. The predicted molar refractivity (Wildman–Crippen MR) is 172 cm³/mol. The third kappa shape index (κ3) is 10.2. The van der Waals surface area contributed by atoms with Crippen molar-refractivity contribution in [3.05, 3.63) is 43.0 Å². The number of ether oxygens (including phenoxy) is 7. The number of hydrogen-bond acceptors (Lipinski definition) is 9. The lowest BCUT2D eigenvalue weighted by Gasteiger charge is -2.40. The first-order valence-corrected chi connectivity index (χ1v) is 16.2. The van der Waals surface area contributed by atoms with Crippen molar-refractivity contribution >= 4 is 11.9 Å².